The third-order valence-corrected chi connectivity index (χ3v) is 7.95. The number of carbonyl (C=O) groups excluding carboxylic acids is 3. The largest absolute Gasteiger partial charge is 0.471 e. The number of carbonyl (C=O) groups is 3. The number of alkyl halides is 3. The van der Waals surface area contributed by atoms with E-state index in [0.29, 0.717) is 16.7 Å². The van der Waals surface area contributed by atoms with Gasteiger partial charge in [-0.25, -0.2) is 24.8 Å². The minimum absolute atomic E-state index is 0.0435. The Bertz CT molecular complexity index is 1570. The second kappa shape index (κ2) is 15.3. The van der Waals surface area contributed by atoms with Gasteiger partial charge in [0.1, 0.15) is 36.0 Å². The van der Waals surface area contributed by atoms with Crippen molar-refractivity contribution in [1.82, 2.24) is 29.9 Å². The van der Waals surface area contributed by atoms with E-state index in [4.69, 9.17) is 19.7 Å². The zero-order chi connectivity index (χ0) is 34.2. The van der Waals surface area contributed by atoms with E-state index >= 15 is 0 Å². The summed E-state index contributed by atoms with van der Waals surface area (Å²) in [6, 6.07) is 2.80. The molecule has 1 amide bonds. The molecule has 0 spiro atoms. The average molecular weight is 674 g/mol. The molecular weight excluding hydrogens is 638 g/mol. The molecule has 3 aromatic rings. The average Bonchev–Trinajstić information content (AvgIpc) is 3.39. The van der Waals surface area contributed by atoms with Crippen LogP contribution in [0.2, 0.25) is 0 Å². The van der Waals surface area contributed by atoms with Gasteiger partial charge in [0.2, 0.25) is 0 Å². The number of esters is 2. The lowest BCUT2D eigenvalue weighted by Gasteiger charge is -2.25. The fraction of sp³-hybridized carbons (Fsp3) is 0.481. The van der Waals surface area contributed by atoms with Crippen LogP contribution in [0.3, 0.4) is 0 Å². The van der Waals surface area contributed by atoms with Gasteiger partial charge < -0.3 is 34.4 Å². The standard InChI is InChI=1S/C27H35F3N7O8P/c1-15(2)44-24(38)17(4)36-46(41,14-43-16(3)11-37-13-34-21-22(31)32-12-33-23(21)37)45-19-8-6-18(7-9-19)10-20(25(39)42-5)35-26(40)27(28,29)30/h6-9,12-13,15-17,20H,10-11,14H2,1-5H3,(H,35,40)(H,36,41)(H2,31,32,33)/t16-,17+,20+,46-/m1/s1. The normalized spacial score (nSPS) is 15.1. The zero-order valence-electron chi connectivity index (χ0n) is 25.6. The number of halogens is 3. The first-order valence-electron chi connectivity index (χ1n) is 13.9. The second-order valence-corrected chi connectivity index (χ2v) is 12.5. The molecule has 0 aliphatic rings. The third-order valence-electron chi connectivity index (χ3n) is 6.17. The monoisotopic (exact) mass is 673 g/mol. The molecule has 2 heterocycles. The first-order chi connectivity index (χ1) is 21.5. The van der Waals surface area contributed by atoms with Gasteiger partial charge in [0.05, 0.1) is 32.2 Å². The molecule has 252 valence electrons. The van der Waals surface area contributed by atoms with Crippen LogP contribution in [0.5, 0.6) is 5.75 Å². The molecule has 2 aromatic heterocycles. The summed E-state index contributed by atoms with van der Waals surface area (Å²) in [5.74, 6) is -3.81. The predicted octanol–water partition coefficient (Wildman–Crippen LogP) is 2.74. The molecule has 15 nitrogen and oxygen atoms in total. The summed E-state index contributed by atoms with van der Waals surface area (Å²) in [4.78, 5) is 48.2. The van der Waals surface area contributed by atoms with Crippen molar-refractivity contribution in [2.75, 3.05) is 19.2 Å². The van der Waals surface area contributed by atoms with E-state index in [9.17, 15) is 32.1 Å². The topological polar surface area (TPSA) is 199 Å². The molecule has 3 rings (SSSR count). The lowest BCUT2D eigenvalue weighted by molar-refractivity contribution is -0.175. The minimum atomic E-state index is -5.20. The molecule has 19 heteroatoms. The highest BCUT2D eigenvalue weighted by molar-refractivity contribution is 7.57. The maximum absolute atomic E-state index is 14.0. The van der Waals surface area contributed by atoms with Gasteiger partial charge >= 0.3 is 31.5 Å². The van der Waals surface area contributed by atoms with E-state index < -0.39 is 62.2 Å². The second-order valence-electron chi connectivity index (χ2n) is 10.4. The highest BCUT2D eigenvalue weighted by Gasteiger charge is 2.41. The highest BCUT2D eigenvalue weighted by atomic mass is 31.2. The van der Waals surface area contributed by atoms with Crippen molar-refractivity contribution in [3.8, 4) is 5.75 Å². The van der Waals surface area contributed by atoms with Crippen LogP contribution in [0.1, 0.15) is 33.3 Å². The lowest BCUT2D eigenvalue weighted by atomic mass is 10.1. The Balaban J connectivity index is 1.75. The Hall–Kier alpha value is -4.28. The Kier molecular flexibility index (Phi) is 12.1. The molecule has 46 heavy (non-hydrogen) atoms. The first-order valence-corrected chi connectivity index (χ1v) is 15.7. The number of nitrogens with one attached hydrogen (secondary N) is 2. The van der Waals surface area contributed by atoms with Gasteiger partial charge in [0.15, 0.2) is 11.5 Å². The van der Waals surface area contributed by atoms with E-state index in [1.165, 1.54) is 43.8 Å². The molecule has 0 bridgehead atoms. The SMILES string of the molecule is COC(=O)[C@H](Cc1ccc(O[P@](=O)(CO[C@H](C)Cn2cnc3c(N)ncnc32)N[C@@H](C)C(=O)OC(C)C)cc1)NC(=O)C(F)(F)F. The smallest absolute Gasteiger partial charge is 0.467 e. The van der Waals surface area contributed by atoms with Crippen LogP contribution in [-0.2, 0) is 46.1 Å². The molecule has 0 aliphatic heterocycles. The summed E-state index contributed by atoms with van der Waals surface area (Å²) in [6.07, 6.45) is -4.23. The molecule has 0 radical (unpaired) electrons. The number of hydrogen-bond acceptors (Lipinski definition) is 12. The number of methoxy groups -OCH3 is 1. The van der Waals surface area contributed by atoms with Crippen molar-refractivity contribution < 1.29 is 50.9 Å². The number of anilines is 1. The Morgan fingerprint density at radius 2 is 1.72 bits per heavy atom. The Morgan fingerprint density at radius 1 is 1.04 bits per heavy atom. The van der Waals surface area contributed by atoms with Gasteiger partial charge in [0, 0.05) is 6.42 Å². The van der Waals surface area contributed by atoms with E-state index in [-0.39, 0.29) is 24.5 Å². The third kappa shape index (κ3) is 10.1. The number of nitrogens with zero attached hydrogens (tertiary/aromatic N) is 4. The number of ether oxygens (including phenoxy) is 3. The molecule has 1 aromatic carbocycles. The van der Waals surface area contributed by atoms with Gasteiger partial charge in [-0.2, -0.15) is 13.2 Å². The van der Waals surface area contributed by atoms with Crippen molar-refractivity contribution in [3.63, 3.8) is 0 Å². The number of amides is 1. The van der Waals surface area contributed by atoms with Crippen molar-refractivity contribution in [2.45, 2.75) is 71.1 Å². The van der Waals surface area contributed by atoms with Crippen LogP contribution in [0, 0.1) is 0 Å². The molecule has 0 saturated carbocycles. The number of fused-ring (bicyclic) bond motifs is 1. The van der Waals surface area contributed by atoms with Gasteiger partial charge in [-0.3, -0.25) is 14.2 Å². The van der Waals surface area contributed by atoms with Crippen LogP contribution in [-0.4, -0.2) is 81.3 Å². The van der Waals surface area contributed by atoms with Gasteiger partial charge in [-0.05, 0) is 45.4 Å². The quantitative estimate of drug-likeness (QED) is 0.157. The Labute approximate surface area is 261 Å². The number of imidazole rings is 1. The number of nitrogen functional groups attached to an aromatic ring is 1. The summed E-state index contributed by atoms with van der Waals surface area (Å²) < 4.78 is 75.3. The summed E-state index contributed by atoms with van der Waals surface area (Å²) in [5, 5.41) is 4.27. The molecule has 4 N–H and O–H groups in total. The molecular formula is C27H35F3N7O8P. The van der Waals surface area contributed by atoms with Gasteiger partial charge in [-0.1, -0.05) is 12.1 Å². The van der Waals surface area contributed by atoms with E-state index in [2.05, 4.69) is 24.8 Å². The van der Waals surface area contributed by atoms with E-state index in [1.54, 1.807) is 30.7 Å². The lowest BCUT2D eigenvalue weighted by Crippen LogP contribution is -2.48. The fourth-order valence-corrected chi connectivity index (χ4v) is 5.82. The number of hydrogen-bond donors (Lipinski definition) is 3. The number of aromatic nitrogens is 4. The summed E-state index contributed by atoms with van der Waals surface area (Å²) in [5.41, 5.74) is 7.04. The summed E-state index contributed by atoms with van der Waals surface area (Å²) >= 11 is 0. The number of benzene rings is 1. The van der Waals surface area contributed by atoms with E-state index in [0.717, 1.165) is 7.11 Å². The van der Waals surface area contributed by atoms with Gasteiger partial charge in [-0.15, -0.1) is 0 Å². The predicted molar refractivity (Wildman–Crippen MR) is 157 cm³/mol. The maximum atomic E-state index is 14.0. The minimum Gasteiger partial charge on any atom is -0.467 e. The molecule has 0 unspecified atom stereocenters. The number of nitrogens with two attached hydrogens (primary N) is 1. The van der Waals surface area contributed by atoms with E-state index in [1.807, 2.05) is 0 Å². The molecule has 0 aliphatic carbocycles. The molecule has 0 fully saturated rings. The zero-order valence-corrected chi connectivity index (χ0v) is 26.5. The Morgan fingerprint density at radius 3 is 2.33 bits per heavy atom. The molecule has 4 atom stereocenters. The van der Waals surface area contributed by atoms with Gasteiger partial charge in [0.25, 0.3) is 0 Å². The van der Waals surface area contributed by atoms with Crippen LogP contribution in [0.4, 0.5) is 19.0 Å². The maximum Gasteiger partial charge on any atom is 0.471 e. The van der Waals surface area contributed by atoms with Crippen molar-refractivity contribution in [1.29, 1.82) is 0 Å². The first kappa shape index (κ1) is 36.2. The summed E-state index contributed by atoms with van der Waals surface area (Å²) in [6.45, 7) is 6.70. The van der Waals surface area contributed by atoms with Crippen LogP contribution in [0.15, 0.2) is 36.9 Å². The number of rotatable bonds is 15. The highest BCUT2D eigenvalue weighted by Crippen LogP contribution is 2.44. The fourth-order valence-electron chi connectivity index (χ4n) is 4.03. The van der Waals surface area contributed by atoms with Crippen molar-refractivity contribution in [3.05, 3.63) is 42.5 Å². The van der Waals surface area contributed by atoms with Crippen molar-refractivity contribution in [2.24, 2.45) is 0 Å². The van der Waals surface area contributed by atoms with Crippen molar-refractivity contribution >= 4 is 42.3 Å². The van der Waals surface area contributed by atoms with Crippen LogP contribution < -0.4 is 20.7 Å². The molecule has 0 saturated heterocycles. The summed E-state index contributed by atoms with van der Waals surface area (Å²) in [7, 11) is -3.02. The van der Waals surface area contributed by atoms with Crippen LogP contribution >= 0.6 is 7.52 Å². The van der Waals surface area contributed by atoms with Crippen LogP contribution in [0.25, 0.3) is 11.2 Å².